The molecule has 0 unspecified atom stereocenters. The molecule has 25 heavy (non-hydrogen) atoms. The highest BCUT2D eigenvalue weighted by atomic mass is 35.5. The van der Waals surface area contributed by atoms with Crippen LogP contribution >= 0.6 is 11.6 Å². The van der Waals surface area contributed by atoms with Crippen LogP contribution in [0.15, 0.2) is 48.5 Å². The van der Waals surface area contributed by atoms with E-state index in [1.165, 1.54) is 0 Å². The quantitative estimate of drug-likeness (QED) is 0.773. The maximum atomic E-state index is 11.8. The third-order valence-corrected chi connectivity index (χ3v) is 3.56. The van der Waals surface area contributed by atoms with Gasteiger partial charge in [-0.2, -0.15) is 0 Å². The van der Waals surface area contributed by atoms with E-state index in [0.717, 1.165) is 5.56 Å². The van der Waals surface area contributed by atoms with Gasteiger partial charge in [-0.1, -0.05) is 37.6 Å². The van der Waals surface area contributed by atoms with E-state index in [0.29, 0.717) is 29.6 Å². The molecule has 0 saturated heterocycles. The number of amides is 2. The van der Waals surface area contributed by atoms with E-state index < -0.39 is 11.8 Å². The highest BCUT2D eigenvalue weighted by molar-refractivity contribution is 6.39. The molecule has 0 aliphatic carbocycles. The lowest BCUT2D eigenvalue weighted by Crippen LogP contribution is -2.37. The molecule has 0 aliphatic heterocycles. The Morgan fingerprint density at radius 3 is 2.24 bits per heavy atom. The monoisotopic (exact) mass is 360 g/mol. The molecule has 0 bridgehead atoms. The molecule has 0 spiro atoms. The van der Waals surface area contributed by atoms with Gasteiger partial charge >= 0.3 is 11.8 Å². The van der Waals surface area contributed by atoms with Crippen molar-refractivity contribution >= 4 is 29.1 Å². The van der Waals surface area contributed by atoms with Crippen molar-refractivity contribution in [2.75, 3.05) is 11.9 Å². The van der Waals surface area contributed by atoms with Gasteiger partial charge in [0, 0.05) is 17.3 Å². The predicted octanol–water partition coefficient (Wildman–Crippen LogP) is 3.63. The molecule has 0 saturated carbocycles. The lowest BCUT2D eigenvalue weighted by Gasteiger charge is -2.09. The first kappa shape index (κ1) is 18.8. The van der Waals surface area contributed by atoms with Crippen molar-refractivity contribution in [3.05, 3.63) is 59.1 Å². The lowest BCUT2D eigenvalue weighted by molar-refractivity contribution is -0.136. The van der Waals surface area contributed by atoms with Gasteiger partial charge in [-0.25, -0.2) is 0 Å². The van der Waals surface area contributed by atoms with Gasteiger partial charge in [-0.15, -0.1) is 0 Å². The van der Waals surface area contributed by atoms with E-state index in [1.54, 1.807) is 24.3 Å². The van der Waals surface area contributed by atoms with Crippen LogP contribution in [-0.4, -0.2) is 18.4 Å². The van der Waals surface area contributed by atoms with Gasteiger partial charge < -0.3 is 15.4 Å². The molecular weight excluding hydrogens is 340 g/mol. The molecule has 2 aromatic rings. The Morgan fingerprint density at radius 2 is 1.64 bits per heavy atom. The average molecular weight is 361 g/mol. The SMILES string of the molecule is CC(C)CNC(=O)C(=O)Nc1ccc(OCc2ccc(Cl)cc2)cc1. The molecule has 5 nitrogen and oxygen atoms in total. The summed E-state index contributed by atoms with van der Waals surface area (Å²) < 4.78 is 5.67. The highest BCUT2D eigenvalue weighted by Gasteiger charge is 2.13. The van der Waals surface area contributed by atoms with E-state index in [9.17, 15) is 9.59 Å². The molecule has 0 heterocycles. The summed E-state index contributed by atoms with van der Waals surface area (Å²) in [4.78, 5) is 23.4. The first-order valence-corrected chi connectivity index (χ1v) is 8.38. The maximum Gasteiger partial charge on any atom is 0.313 e. The van der Waals surface area contributed by atoms with Crippen LogP contribution in [0.25, 0.3) is 0 Å². The number of carbonyl (C=O) groups excluding carboxylic acids is 2. The van der Waals surface area contributed by atoms with Crippen molar-refractivity contribution in [1.82, 2.24) is 5.32 Å². The number of hydrogen-bond donors (Lipinski definition) is 2. The first-order valence-electron chi connectivity index (χ1n) is 8.00. The van der Waals surface area contributed by atoms with Crippen molar-refractivity contribution in [2.45, 2.75) is 20.5 Å². The molecule has 132 valence electrons. The fraction of sp³-hybridized carbons (Fsp3) is 0.263. The normalized spacial score (nSPS) is 10.4. The van der Waals surface area contributed by atoms with Crippen molar-refractivity contribution in [1.29, 1.82) is 0 Å². The van der Waals surface area contributed by atoms with E-state index in [4.69, 9.17) is 16.3 Å². The number of ether oxygens (including phenoxy) is 1. The summed E-state index contributed by atoms with van der Waals surface area (Å²) in [5.41, 5.74) is 1.53. The van der Waals surface area contributed by atoms with Crippen molar-refractivity contribution < 1.29 is 14.3 Å². The van der Waals surface area contributed by atoms with Crippen LogP contribution in [0.1, 0.15) is 19.4 Å². The topological polar surface area (TPSA) is 67.4 Å². The Hall–Kier alpha value is -2.53. The summed E-state index contributed by atoms with van der Waals surface area (Å²) in [6, 6.07) is 14.2. The Balaban J connectivity index is 1.83. The van der Waals surface area contributed by atoms with Crippen LogP contribution in [0.2, 0.25) is 5.02 Å². The zero-order valence-corrected chi connectivity index (χ0v) is 15.0. The number of benzene rings is 2. The zero-order chi connectivity index (χ0) is 18.2. The number of carbonyl (C=O) groups is 2. The van der Waals surface area contributed by atoms with Crippen molar-refractivity contribution in [3.8, 4) is 5.75 Å². The van der Waals surface area contributed by atoms with E-state index in [-0.39, 0.29) is 5.92 Å². The fourth-order valence-electron chi connectivity index (χ4n) is 1.95. The fourth-order valence-corrected chi connectivity index (χ4v) is 2.07. The van der Waals surface area contributed by atoms with Crippen LogP contribution in [0.3, 0.4) is 0 Å². The summed E-state index contributed by atoms with van der Waals surface area (Å²) in [6.07, 6.45) is 0. The molecule has 2 rings (SSSR count). The second-order valence-electron chi connectivity index (χ2n) is 6.00. The third-order valence-electron chi connectivity index (χ3n) is 3.31. The van der Waals surface area contributed by atoms with Gasteiger partial charge in [0.05, 0.1) is 0 Å². The third kappa shape index (κ3) is 6.47. The molecule has 0 aliphatic rings. The van der Waals surface area contributed by atoms with Crippen LogP contribution < -0.4 is 15.4 Å². The molecule has 2 N–H and O–H groups in total. The molecule has 2 aromatic carbocycles. The maximum absolute atomic E-state index is 11.8. The summed E-state index contributed by atoms with van der Waals surface area (Å²) in [5, 5.41) is 5.80. The lowest BCUT2D eigenvalue weighted by atomic mass is 10.2. The molecule has 6 heteroatoms. The average Bonchev–Trinajstić information content (AvgIpc) is 2.60. The predicted molar refractivity (Wildman–Crippen MR) is 98.7 cm³/mol. The van der Waals surface area contributed by atoms with Crippen LogP contribution in [0, 0.1) is 5.92 Å². The largest absolute Gasteiger partial charge is 0.489 e. The number of hydrogen-bond acceptors (Lipinski definition) is 3. The van der Waals surface area contributed by atoms with E-state index in [1.807, 2.05) is 38.1 Å². The minimum absolute atomic E-state index is 0.286. The first-order chi connectivity index (χ1) is 11.9. The Bertz CT molecular complexity index is 712. The van der Waals surface area contributed by atoms with E-state index >= 15 is 0 Å². The number of anilines is 1. The van der Waals surface area contributed by atoms with Gasteiger partial charge in [0.15, 0.2) is 0 Å². The highest BCUT2D eigenvalue weighted by Crippen LogP contribution is 2.18. The smallest absolute Gasteiger partial charge is 0.313 e. The van der Waals surface area contributed by atoms with Gasteiger partial charge in [0.1, 0.15) is 12.4 Å². The molecule has 0 aromatic heterocycles. The molecule has 0 fully saturated rings. The minimum atomic E-state index is -0.685. The summed E-state index contributed by atoms with van der Waals surface area (Å²) in [7, 11) is 0. The van der Waals surface area contributed by atoms with Gasteiger partial charge in [-0.05, 0) is 47.9 Å². The second kappa shape index (κ2) is 9.08. The van der Waals surface area contributed by atoms with Crippen molar-refractivity contribution in [3.63, 3.8) is 0 Å². The van der Waals surface area contributed by atoms with Crippen LogP contribution in [0.5, 0.6) is 5.75 Å². The Labute approximate surface area is 152 Å². The standard InChI is InChI=1S/C19H21ClN2O3/c1-13(2)11-21-18(23)19(24)22-16-7-9-17(10-8-16)25-12-14-3-5-15(20)6-4-14/h3-10,13H,11-12H2,1-2H3,(H,21,23)(H,22,24). The number of nitrogens with one attached hydrogen (secondary N) is 2. The van der Waals surface area contributed by atoms with Crippen LogP contribution in [-0.2, 0) is 16.2 Å². The van der Waals surface area contributed by atoms with Gasteiger partial charge in [0.25, 0.3) is 0 Å². The minimum Gasteiger partial charge on any atom is -0.489 e. The number of halogens is 1. The Kier molecular flexibility index (Phi) is 6.83. The molecular formula is C19H21ClN2O3. The molecule has 0 atom stereocenters. The molecule has 0 radical (unpaired) electrons. The van der Waals surface area contributed by atoms with Gasteiger partial charge in [0.2, 0.25) is 0 Å². The van der Waals surface area contributed by atoms with Gasteiger partial charge in [-0.3, -0.25) is 9.59 Å². The summed E-state index contributed by atoms with van der Waals surface area (Å²) >= 11 is 5.84. The second-order valence-corrected chi connectivity index (χ2v) is 6.43. The summed E-state index contributed by atoms with van der Waals surface area (Å²) in [6.45, 7) is 4.80. The Morgan fingerprint density at radius 1 is 1.00 bits per heavy atom. The van der Waals surface area contributed by atoms with Crippen LogP contribution in [0.4, 0.5) is 5.69 Å². The zero-order valence-electron chi connectivity index (χ0n) is 14.2. The van der Waals surface area contributed by atoms with E-state index in [2.05, 4.69) is 10.6 Å². The number of rotatable bonds is 6. The summed E-state index contributed by atoms with van der Waals surface area (Å²) in [5.74, 6) is -0.377. The molecule has 2 amide bonds. The van der Waals surface area contributed by atoms with Crippen molar-refractivity contribution in [2.24, 2.45) is 5.92 Å².